The minimum atomic E-state index is -0.583. The van der Waals surface area contributed by atoms with Crippen LogP contribution in [0.4, 0.5) is 4.39 Å². The first-order valence-electron chi connectivity index (χ1n) is 6.50. The molecule has 0 saturated heterocycles. The van der Waals surface area contributed by atoms with Crippen LogP contribution in [0.3, 0.4) is 0 Å². The van der Waals surface area contributed by atoms with E-state index in [1.54, 1.807) is 7.11 Å². The van der Waals surface area contributed by atoms with Crippen LogP contribution in [-0.2, 0) is 6.42 Å². The van der Waals surface area contributed by atoms with Gasteiger partial charge in [-0.15, -0.1) is 0 Å². The lowest BCUT2D eigenvalue weighted by atomic mass is 10.1. The van der Waals surface area contributed by atoms with Crippen LogP contribution in [0.25, 0.3) is 0 Å². The van der Waals surface area contributed by atoms with Crippen LogP contribution < -0.4 is 10.1 Å². The molecule has 5 heteroatoms. The quantitative estimate of drug-likeness (QED) is 0.889. The molecule has 0 saturated carbocycles. The Morgan fingerprint density at radius 2 is 2.10 bits per heavy atom. The maximum atomic E-state index is 12.9. The average Bonchev–Trinajstić information content (AvgIpc) is 2.47. The summed E-state index contributed by atoms with van der Waals surface area (Å²) < 4.78 is 18.0. The lowest BCUT2D eigenvalue weighted by Gasteiger charge is -2.08. The number of carbonyl (C=O) groups excluding carboxylic acids is 1. The molecule has 0 bridgehead atoms. The van der Waals surface area contributed by atoms with Crippen molar-refractivity contribution in [2.45, 2.75) is 6.42 Å². The van der Waals surface area contributed by atoms with Gasteiger partial charge in [0.05, 0.1) is 12.7 Å². The number of methoxy groups -OCH3 is 1. The fourth-order valence-electron chi connectivity index (χ4n) is 1.94. The molecule has 110 valence electrons. The van der Waals surface area contributed by atoms with E-state index in [-0.39, 0.29) is 11.3 Å². The fraction of sp³-hybridized carbons (Fsp3) is 0.188. The van der Waals surface area contributed by atoms with Crippen molar-refractivity contribution < 1.29 is 19.0 Å². The normalized spacial score (nSPS) is 10.2. The van der Waals surface area contributed by atoms with Crippen LogP contribution in [0, 0.1) is 5.82 Å². The van der Waals surface area contributed by atoms with Crippen LogP contribution in [0.15, 0.2) is 42.5 Å². The van der Waals surface area contributed by atoms with Crippen molar-refractivity contribution in [2.75, 3.05) is 13.7 Å². The highest BCUT2D eigenvalue weighted by Crippen LogP contribution is 2.18. The lowest BCUT2D eigenvalue weighted by molar-refractivity contribution is 0.0951. The Morgan fingerprint density at radius 1 is 1.29 bits per heavy atom. The topological polar surface area (TPSA) is 58.6 Å². The Labute approximate surface area is 122 Å². The van der Waals surface area contributed by atoms with E-state index in [1.807, 2.05) is 24.3 Å². The standard InChI is InChI=1S/C16H16FNO3/c1-21-13-4-2-3-11(9-13)7-8-18-16(20)14-6-5-12(17)10-15(14)19/h2-6,9-10,19H,7-8H2,1H3,(H,18,20). The first kappa shape index (κ1) is 14.8. The minimum absolute atomic E-state index is 0.0574. The zero-order valence-electron chi connectivity index (χ0n) is 11.6. The van der Waals surface area contributed by atoms with E-state index in [2.05, 4.69) is 5.32 Å². The smallest absolute Gasteiger partial charge is 0.255 e. The van der Waals surface area contributed by atoms with Crippen molar-refractivity contribution in [3.63, 3.8) is 0 Å². The van der Waals surface area contributed by atoms with Gasteiger partial charge in [0.2, 0.25) is 0 Å². The van der Waals surface area contributed by atoms with Crippen molar-refractivity contribution in [3.8, 4) is 11.5 Å². The van der Waals surface area contributed by atoms with E-state index in [0.29, 0.717) is 13.0 Å². The highest BCUT2D eigenvalue weighted by molar-refractivity contribution is 5.96. The van der Waals surface area contributed by atoms with Gasteiger partial charge in [-0.05, 0) is 36.2 Å². The van der Waals surface area contributed by atoms with Crippen molar-refractivity contribution >= 4 is 5.91 Å². The van der Waals surface area contributed by atoms with Crippen LogP contribution in [0.5, 0.6) is 11.5 Å². The molecule has 2 N–H and O–H groups in total. The molecular formula is C16H16FNO3. The third-order valence-electron chi connectivity index (χ3n) is 3.04. The number of amides is 1. The first-order valence-corrected chi connectivity index (χ1v) is 6.50. The molecule has 0 aliphatic heterocycles. The molecule has 0 fully saturated rings. The molecule has 21 heavy (non-hydrogen) atoms. The average molecular weight is 289 g/mol. The maximum Gasteiger partial charge on any atom is 0.255 e. The van der Waals surface area contributed by atoms with Gasteiger partial charge in [-0.3, -0.25) is 4.79 Å². The third kappa shape index (κ3) is 3.95. The third-order valence-corrected chi connectivity index (χ3v) is 3.04. The summed E-state index contributed by atoms with van der Waals surface area (Å²) in [5.74, 6) is -0.625. The maximum absolute atomic E-state index is 12.9. The molecule has 0 heterocycles. The second-order valence-corrected chi connectivity index (χ2v) is 4.52. The van der Waals surface area contributed by atoms with Gasteiger partial charge in [-0.25, -0.2) is 4.39 Å². The molecule has 4 nitrogen and oxygen atoms in total. The van der Waals surface area contributed by atoms with Gasteiger partial charge >= 0.3 is 0 Å². The number of halogens is 1. The summed E-state index contributed by atoms with van der Waals surface area (Å²) in [5, 5.41) is 12.2. The van der Waals surface area contributed by atoms with Crippen molar-refractivity contribution in [1.29, 1.82) is 0 Å². The molecule has 0 atom stereocenters. The monoisotopic (exact) mass is 289 g/mol. The molecule has 0 unspecified atom stereocenters. The number of aromatic hydroxyl groups is 1. The van der Waals surface area contributed by atoms with E-state index in [9.17, 15) is 14.3 Å². The van der Waals surface area contributed by atoms with E-state index in [0.717, 1.165) is 23.4 Å². The summed E-state index contributed by atoms with van der Waals surface area (Å²) in [6.45, 7) is 0.406. The predicted octanol–water partition coefficient (Wildman–Crippen LogP) is 2.51. The molecule has 1 amide bonds. The molecule has 0 spiro atoms. The summed E-state index contributed by atoms with van der Waals surface area (Å²) >= 11 is 0. The molecule has 0 radical (unpaired) electrons. The van der Waals surface area contributed by atoms with E-state index in [1.165, 1.54) is 6.07 Å². The SMILES string of the molecule is COc1cccc(CCNC(=O)c2ccc(F)cc2O)c1. The number of rotatable bonds is 5. The number of benzene rings is 2. The van der Waals surface area contributed by atoms with Gasteiger partial charge in [-0.2, -0.15) is 0 Å². The summed E-state index contributed by atoms with van der Waals surface area (Å²) in [7, 11) is 1.60. The summed E-state index contributed by atoms with van der Waals surface area (Å²) in [6, 6.07) is 10.9. The van der Waals surface area contributed by atoms with Gasteiger partial charge in [0, 0.05) is 12.6 Å². The molecule has 0 aromatic heterocycles. The fourth-order valence-corrected chi connectivity index (χ4v) is 1.94. The molecular weight excluding hydrogens is 273 g/mol. The number of phenolic OH excluding ortho intramolecular Hbond substituents is 1. The summed E-state index contributed by atoms with van der Waals surface area (Å²) in [6.07, 6.45) is 0.630. The minimum Gasteiger partial charge on any atom is -0.507 e. The van der Waals surface area contributed by atoms with Gasteiger partial charge < -0.3 is 15.2 Å². The van der Waals surface area contributed by atoms with Crippen molar-refractivity contribution in [1.82, 2.24) is 5.32 Å². The van der Waals surface area contributed by atoms with Gasteiger partial charge in [0.1, 0.15) is 17.3 Å². The second kappa shape index (κ2) is 6.74. The largest absolute Gasteiger partial charge is 0.507 e. The number of carbonyl (C=O) groups is 1. The lowest BCUT2D eigenvalue weighted by Crippen LogP contribution is -2.25. The Morgan fingerprint density at radius 3 is 2.81 bits per heavy atom. The van der Waals surface area contributed by atoms with Crippen LogP contribution in [0.2, 0.25) is 0 Å². The first-order chi connectivity index (χ1) is 10.1. The summed E-state index contributed by atoms with van der Waals surface area (Å²) in [4.78, 5) is 11.9. The Hall–Kier alpha value is -2.56. The number of phenols is 1. The van der Waals surface area contributed by atoms with Gasteiger partial charge in [0.15, 0.2) is 0 Å². The number of hydrogen-bond acceptors (Lipinski definition) is 3. The summed E-state index contributed by atoms with van der Waals surface area (Å²) in [5.41, 5.74) is 1.08. The molecule has 0 aliphatic rings. The number of ether oxygens (including phenoxy) is 1. The highest BCUT2D eigenvalue weighted by Gasteiger charge is 2.11. The van der Waals surface area contributed by atoms with Crippen LogP contribution in [-0.4, -0.2) is 24.7 Å². The van der Waals surface area contributed by atoms with Crippen LogP contribution in [0.1, 0.15) is 15.9 Å². The zero-order valence-corrected chi connectivity index (χ0v) is 11.6. The second-order valence-electron chi connectivity index (χ2n) is 4.52. The molecule has 2 rings (SSSR count). The van der Waals surface area contributed by atoms with E-state index >= 15 is 0 Å². The highest BCUT2D eigenvalue weighted by atomic mass is 19.1. The van der Waals surface area contributed by atoms with Gasteiger partial charge in [0.25, 0.3) is 5.91 Å². The van der Waals surface area contributed by atoms with Crippen molar-refractivity contribution in [2.24, 2.45) is 0 Å². The van der Waals surface area contributed by atoms with E-state index < -0.39 is 11.7 Å². The Bertz CT molecular complexity index is 643. The van der Waals surface area contributed by atoms with Gasteiger partial charge in [-0.1, -0.05) is 12.1 Å². The Kier molecular flexibility index (Phi) is 4.77. The molecule has 2 aromatic rings. The van der Waals surface area contributed by atoms with Crippen molar-refractivity contribution in [3.05, 3.63) is 59.4 Å². The molecule has 0 aliphatic carbocycles. The predicted molar refractivity (Wildman–Crippen MR) is 77.1 cm³/mol. The van der Waals surface area contributed by atoms with E-state index in [4.69, 9.17) is 4.74 Å². The van der Waals surface area contributed by atoms with Crippen LogP contribution >= 0.6 is 0 Å². The zero-order chi connectivity index (χ0) is 15.2. The Balaban J connectivity index is 1.92. The molecule has 2 aromatic carbocycles. The number of nitrogens with one attached hydrogen (secondary N) is 1. The number of hydrogen-bond donors (Lipinski definition) is 2.